The topological polar surface area (TPSA) is 42.7 Å². The van der Waals surface area contributed by atoms with E-state index >= 15 is 0 Å². The van der Waals surface area contributed by atoms with Crippen LogP contribution in [0, 0.1) is 0 Å². The highest BCUT2D eigenvalue weighted by atomic mass is 15.3. The van der Waals surface area contributed by atoms with Crippen LogP contribution in [0.4, 0.5) is 0 Å². The normalized spacial score (nSPS) is 17.1. The standard InChI is InChI=1S/C15H20N4/c1-2-8-19-14(17-12-18-19)9-15(10-16-11-15)13-6-4-3-5-7-13/h3-7,12,16H,2,8-11H2,1H3. The van der Waals surface area contributed by atoms with Crippen LogP contribution in [-0.4, -0.2) is 27.9 Å². The monoisotopic (exact) mass is 256 g/mol. The summed E-state index contributed by atoms with van der Waals surface area (Å²) in [5, 5.41) is 7.73. The molecule has 1 aliphatic rings. The molecule has 0 saturated carbocycles. The maximum atomic E-state index is 4.45. The fourth-order valence-electron chi connectivity index (χ4n) is 2.78. The van der Waals surface area contributed by atoms with Crippen LogP contribution < -0.4 is 5.32 Å². The second kappa shape index (κ2) is 5.13. The van der Waals surface area contributed by atoms with E-state index in [1.807, 2.05) is 4.68 Å². The van der Waals surface area contributed by atoms with E-state index in [0.717, 1.165) is 38.3 Å². The first kappa shape index (κ1) is 12.4. The summed E-state index contributed by atoms with van der Waals surface area (Å²) in [5.41, 5.74) is 1.60. The van der Waals surface area contributed by atoms with Crippen molar-refractivity contribution in [2.45, 2.75) is 31.7 Å². The van der Waals surface area contributed by atoms with Crippen LogP contribution in [0.1, 0.15) is 24.7 Å². The summed E-state index contributed by atoms with van der Waals surface area (Å²) in [5.74, 6) is 1.10. The van der Waals surface area contributed by atoms with E-state index < -0.39 is 0 Å². The molecule has 1 fully saturated rings. The number of aromatic nitrogens is 3. The molecule has 0 amide bonds. The summed E-state index contributed by atoms with van der Waals surface area (Å²) in [7, 11) is 0. The zero-order valence-electron chi connectivity index (χ0n) is 11.3. The molecule has 1 aliphatic heterocycles. The molecule has 2 aromatic rings. The Balaban J connectivity index is 1.86. The molecule has 100 valence electrons. The third-order valence-corrected chi connectivity index (χ3v) is 3.94. The Morgan fingerprint density at radius 3 is 2.68 bits per heavy atom. The lowest BCUT2D eigenvalue weighted by atomic mass is 9.72. The van der Waals surface area contributed by atoms with Crippen molar-refractivity contribution < 1.29 is 0 Å². The Morgan fingerprint density at radius 2 is 2.05 bits per heavy atom. The van der Waals surface area contributed by atoms with Crippen LogP contribution in [0.25, 0.3) is 0 Å². The van der Waals surface area contributed by atoms with E-state index in [1.165, 1.54) is 5.56 Å². The van der Waals surface area contributed by atoms with Crippen molar-refractivity contribution in [3.63, 3.8) is 0 Å². The van der Waals surface area contributed by atoms with Gasteiger partial charge in [0.05, 0.1) is 0 Å². The summed E-state index contributed by atoms with van der Waals surface area (Å²) in [6.07, 6.45) is 3.73. The first-order valence-corrected chi connectivity index (χ1v) is 6.97. The van der Waals surface area contributed by atoms with Crippen LogP contribution in [0.3, 0.4) is 0 Å². The van der Waals surface area contributed by atoms with Crippen LogP contribution >= 0.6 is 0 Å². The molecule has 1 N–H and O–H groups in total. The Hall–Kier alpha value is -1.68. The van der Waals surface area contributed by atoms with Crippen molar-refractivity contribution in [2.24, 2.45) is 0 Å². The van der Waals surface area contributed by atoms with E-state index in [2.05, 4.69) is 52.7 Å². The van der Waals surface area contributed by atoms with E-state index in [1.54, 1.807) is 6.33 Å². The minimum Gasteiger partial charge on any atom is -0.315 e. The number of benzene rings is 1. The highest BCUT2D eigenvalue weighted by Crippen LogP contribution is 2.31. The van der Waals surface area contributed by atoms with Gasteiger partial charge in [0, 0.05) is 31.5 Å². The predicted octanol–water partition coefficient (Wildman–Crippen LogP) is 1.77. The fraction of sp³-hybridized carbons (Fsp3) is 0.467. The van der Waals surface area contributed by atoms with E-state index in [-0.39, 0.29) is 5.41 Å². The molecule has 4 nitrogen and oxygen atoms in total. The molecule has 0 bridgehead atoms. The molecule has 0 aliphatic carbocycles. The highest BCUT2D eigenvalue weighted by molar-refractivity contribution is 5.31. The first-order chi connectivity index (χ1) is 9.34. The summed E-state index contributed by atoms with van der Waals surface area (Å²) in [4.78, 5) is 4.45. The second-order valence-electron chi connectivity index (χ2n) is 5.33. The summed E-state index contributed by atoms with van der Waals surface area (Å²) >= 11 is 0. The van der Waals surface area contributed by atoms with E-state index in [4.69, 9.17) is 0 Å². The number of rotatable bonds is 5. The van der Waals surface area contributed by atoms with Gasteiger partial charge in [0.25, 0.3) is 0 Å². The Kier molecular flexibility index (Phi) is 3.34. The Bertz CT molecular complexity index is 528. The maximum Gasteiger partial charge on any atom is 0.138 e. The molecule has 3 rings (SSSR count). The maximum absolute atomic E-state index is 4.45. The van der Waals surface area contributed by atoms with Crippen molar-refractivity contribution in [2.75, 3.05) is 13.1 Å². The van der Waals surface area contributed by atoms with Gasteiger partial charge in [-0.05, 0) is 12.0 Å². The van der Waals surface area contributed by atoms with Gasteiger partial charge < -0.3 is 5.32 Å². The van der Waals surface area contributed by atoms with Crippen molar-refractivity contribution >= 4 is 0 Å². The molecule has 1 aromatic heterocycles. The molecule has 1 aromatic carbocycles. The minimum atomic E-state index is 0.194. The number of aryl methyl sites for hydroxylation is 1. The number of nitrogens with one attached hydrogen (secondary N) is 1. The van der Waals surface area contributed by atoms with Crippen molar-refractivity contribution in [3.8, 4) is 0 Å². The molecule has 2 heterocycles. The fourth-order valence-corrected chi connectivity index (χ4v) is 2.78. The number of hydrogen-bond acceptors (Lipinski definition) is 3. The zero-order valence-corrected chi connectivity index (χ0v) is 11.3. The molecule has 1 saturated heterocycles. The largest absolute Gasteiger partial charge is 0.315 e. The number of hydrogen-bond donors (Lipinski definition) is 1. The first-order valence-electron chi connectivity index (χ1n) is 6.97. The van der Waals surface area contributed by atoms with Gasteiger partial charge in [0.15, 0.2) is 0 Å². The summed E-state index contributed by atoms with van der Waals surface area (Å²) in [6.45, 7) is 5.17. The zero-order chi connectivity index (χ0) is 13.1. The van der Waals surface area contributed by atoms with Gasteiger partial charge in [-0.3, -0.25) is 4.68 Å². The highest BCUT2D eigenvalue weighted by Gasteiger charge is 2.39. The molecule has 0 spiro atoms. The Morgan fingerprint density at radius 1 is 1.26 bits per heavy atom. The molecule has 0 atom stereocenters. The molecule has 0 unspecified atom stereocenters. The van der Waals surface area contributed by atoms with E-state index in [0.29, 0.717) is 0 Å². The second-order valence-corrected chi connectivity index (χ2v) is 5.33. The van der Waals surface area contributed by atoms with Crippen molar-refractivity contribution in [1.82, 2.24) is 20.1 Å². The van der Waals surface area contributed by atoms with E-state index in [9.17, 15) is 0 Å². The average Bonchev–Trinajstić information content (AvgIpc) is 2.83. The number of nitrogens with zero attached hydrogens (tertiary/aromatic N) is 3. The molecule has 19 heavy (non-hydrogen) atoms. The van der Waals surface area contributed by atoms with Gasteiger partial charge in [-0.25, -0.2) is 4.98 Å². The summed E-state index contributed by atoms with van der Waals surface area (Å²) in [6, 6.07) is 10.8. The smallest absolute Gasteiger partial charge is 0.138 e. The van der Waals surface area contributed by atoms with Gasteiger partial charge in [-0.1, -0.05) is 37.3 Å². The van der Waals surface area contributed by atoms with Gasteiger partial charge >= 0.3 is 0 Å². The van der Waals surface area contributed by atoms with Crippen LogP contribution in [0.2, 0.25) is 0 Å². The third kappa shape index (κ3) is 2.28. The van der Waals surface area contributed by atoms with Crippen molar-refractivity contribution in [1.29, 1.82) is 0 Å². The van der Waals surface area contributed by atoms with Gasteiger partial charge in [0.2, 0.25) is 0 Å². The Labute approximate surface area is 113 Å². The lowest BCUT2D eigenvalue weighted by Gasteiger charge is -2.43. The SMILES string of the molecule is CCCn1ncnc1CC1(c2ccccc2)CNC1. The van der Waals surface area contributed by atoms with Gasteiger partial charge in [-0.2, -0.15) is 5.10 Å². The molecule has 4 heteroatoms. The summed E-state index contributed by atoms with van der Waals surface area (Å²) < 4.78 is 2.04. The molecule has 0 radical (unpaired) electrons. The van der Waals surface area contributed by atoms with Gasteiger partial charge in [0.1, 0.15) is 12.2 Å². The third-order valence-electron chi connectivity index (χ3n) is 3.94. The quantitative estimate of drug-likeness (QED) is 0.886. The lowest BCUT2D eigenvalue weighted by Crippen LogP contribution is -2.58. The lowest BCUT2D eigenvalue weighted by molar-refractivity contribution is 0.266. The van der Waals surface area contributed by atoms with Crippen LogP contribution in [0.5, 0.6) is 0 Å². The average molecular weight is 256 g/mol. The minimum absolute atomic E-state index is 0.194. The van der Waals surface area contributed by atoms with Crippen molar-refractivity contribution in [3.05, 3.63) is 48.0 Å². The van der Waals surface area contributed by atoms with Gasteiger partial charge in [-0.15, -0.1) is 0 Å². The predicted molar refractivity (Wildman–Crippen MR) is 75.0 cm³/mol. The van der Waals surface area contributed by atoms with Crippen LogP contribution in [-0.2, 0) is 18.4 Å². The molecular weight excluding hydrogens is 236 g/mol. The molecular formula is C15H20N4. The van der Waals surface area contributed by atoms with Crippen LogP contribution in [0.15, 0.2) is 36.7 Å².